The van der Waals surface area contributed by atoms with Crippen LogP contribution in [0.3, 0.4) is 0 Å². The zero-order valence-electron chi connectivity index (χ0n) is 14.3. The number of halogens is 1. The Balaban J connectivity index is 1.55. The standard InChI is InChI=1S/C18H21FN4O2/c1-11(2)20-18(25)16-9-15-8-14(10-23(15)22-16)21-17(24)7-12-4-3-5-13(19)6-12/h3-6,9,11,14H,7-8,10H2,1-2H3,(H,20,25)(H,21,24)/t14-/m0/s1. The normalized spacial score (nSPS) is 15.9. The Hall–Kier alpha value is -2.70. The number of benzene rings is 1. The molecule has 1 aliphatic heterocycles. The van der Waals surface area contributed by atoms with E-state index < -0.39 is 0 Å². The van der Waals surface area contributed by atoms with Crippen LogP contribution in [0.4, 0.5) is 4.39 Å². The second-order valence-corrected chi connectivity index (χ2v) is 6.61. The number of aromatic nitrogens is 2. The molecule has 0 saturated heterocycles. The molecule has 2 aromatic rings. The zero-order valence-corrected chi connectivity index (χ0v) is 14.3. The fraction of sp³-hybridized carbons (Fsp3) is 0.389. The lowest BCUT2D eigenvalue weighted by atomic mass is 10.1. The highest BCUT2D eigenvalue weighted by atomic mass is 19.1. The van der Waals surface area contributed by atoms with Crippen molar-refractivity contribution >= 4 is 11.8 Å². The van der Waals surface area contributed by atoms with Gasteiger partial charge in [-0.25, -0.2) is 4.39 Å². The first-order chi connectivity index (χ1) is 11.9. The molecule has 0 bridgehead atoms. The van der Waals surface area contributed by atoms with Crippen LogP contribution in [-0.2, 0) is 24.2 Å². The van der Waals surface area contributed by atoms with E-state index in [-0.39, 0.29) is 36.1 Å². The fourth-order valence-corrected chi connectivity index (χ4v) is 2.96. The van der Waals surface area contributed by atoms with E-state index in [0.29, 0.717) is 24.2 Å². The molecule has 2 N–H and O–H groups in total. The van der Waals surface area contributed by atoms with Crippen LogP contribution in [0.25, 0.3) is 0 Å². The van der Waals surface area contributed by atoms with E-state index in [0.717, 1.165) is 5.69 Å². The van der Waals surface area contributed by atoms with Crippen LogP contribution in [0.2, 0.25) is 0 Å². The minimum atomic E-state index is -0.349. The number of carbonyl (C=O) groups is 2. The second kappa shape index (κ2) is 7.04. The van der Waals surface area contributed by atoms with Crippen molar-refractivity contribution < 1.29 is 14.0 Å². The summed E-state index contributed by atoms with van der Waals surface area (Å²) in [6.45, 7) is 4.32. The second-order valence-electron chi connectivity index (χ2n) is 6.61. The first-order valence-electron chi connectivity index (χ1n) is 8.32. The maximum Gasteiger partial charge on any atom is 0.271 e. The van der Waals surface area contributed by atoms with Gasteiger partial charge in [0.15, 0.2) is 0 Å². The van der Waals surface area contributed by atoms with Crippen molar-refractivity contribution in [1.82, 2.24) is 20.4 Å². The molecule has 3 rings (SSSR count). The van der Waals surface area contributed by atoms with Crippen LogP contribution in [-0.4, -0.2) is 33.7 Å². The lowest BCUT2D eigenvalue weighted by Gasteiger charge is -2.12. The third-order valence-corrected chi connectivity index (χ3v) is 3.98. The monoisotopic (exact) mass is 344 g/mol. The van der Waals surface area contributed by atoms with Crippen molar-refractivity contribution in [2.24, 2.45) is 0 Å². The number of hydrogen-bond donors (Lipinski definition) is 2. The van der Waals surface area contributed by atoms with Crippen molar-refractivity contribution in [3.05, 3.63) is 53.1 Å². The average Bonchev–Trinajstić information content (AvgIpc) is 3.04. The van der Waals surface area contributed by atoms with Gasteiger partial charge >= 0.3 is 0 Å². The molecule has 2 amide bonds. The molecule has 0 spiro atoms. The summed E-state index contributed by atoms with van der Waals surface area (Å²) in [5.74, 6) is -0.693. The van der Waals surface area contributed by atoms with E-state index in [1.807, 2.05) is 13.8 Å². The molecule has 0 aliphatic carbocycles. The van der Waals surface area contributed by atoms with Crippen LogP contribution in [0, 0.1) is 5.82 Å². The molecule has 1 aromatic heterocycles. The first kappa shape index (κ1) is 17.1. The Morgan fingerprint density at radius 2 is 2.16 bits per heavy atom. The molecule has 2 heterocycles. The number of nitrogens with zero attached hydrogens (tertiary/aromatic N) is 2. The number of amides is 2. The molecule has 1 atom stereocenters. The summed E-state index contributed by atoms with van der Waals surface area (Å²) >= 11 is 0. The lowest BCUT2D eigenvalue weighted by molar-refractivity contribution is -0.121. The highest BCUT2D eigenvalue weighted by Crippen LogP contribution is 2.16. The molecule has 6 nitrogen and oxygen atoms in total. The third-order valence-electron chi connectivity index (χ3n) is 3.98. The number of fused-ring (bicyclic) bond motifs is 1. The molecule has 1 aromatic carbocycles. The SMILES string of the molecule is CC(C)NC(=O)c1cc2n(n1)C[C@@H](NC(=O)Cc1cccc(F)c1)C2. The molecule has 1 aliphatic rings. The maximum absolute atomic E-state index is 13.2. The fourth-order valence-electron chi connectivity index (χ4n) is 2.96. The van der Waals surface area contributed by atoms with Crippen molar-refractivity contribution in [2.45, 2.75) is 45.3 Å². The van der Waals surface area contributed by atoms with Gasteiger partial charge in [-0.3, -0.25) is 14.3 Å². The van der Waals surface area contributed by atoms with Gasteiger partial charge in [-0.1, -0.05) is 12.1 Å². The van der Waals surface area contributed by atoms with Gasteiger partial charge in [-0.05, 0) is 37.6 Å². The largest absolute Gasteiger partial charge is 0.351 e. The van der Waals surface area contributed by atoms with Gasteiger partial charge in [0, 0.05) is 18.2 Å². The molecule has 0 fully saturated rings. The van der Waals surface area contributed by atoms with Gasteiger partial charge in [0.25, 0.3) is 5.91 Å². The Kier molecular flexibility index (Phi) is 4.83. The van der Waals surface area contributed by atoms with Crippen molar-refractivity contribution in [2.75, 3.05) is 0 Å². The molecule has 132 valence electrons. The first-order valence-corrected chi connectivity index (χ1v) is 8.32. The maximum atomic E-state index is 13.2. The molecule has 0 radical (unpaired) electrons. The van der Waals surface area contributed by atoms with Gasteiger partial charge in [0.1, 0.15) is 11.5 Å². The number of carbonyl (C=O) groups excluding carboxylic acids is 2. The van der Waals surface area contributed by atoms with E-state index in [9.17, 15) is 14.0 Å². The Morgan fingerprint density at radius 3 is 2.84 bits per heavy atom. The quantitative estimate of drug-likeness (QED) is 0.862. The highest BCUT2D eigenvalue weighted by molar-refractivity contribution is 5.92. The Labute approximate surface area is 145 Å². The summed E-state index contributed by atoms with van der Waals surface area (Å²) in [6.07, 6.45) is 0.759. The number of nitrogens with one attached hydrogen (secondary N) is 2. The third kappa shape index (κ3) is 4.23. The zero-order chi connectivity index (χ0) is 18.0. The van der Waals surface area contributed by atoms with Gasteiger partial charge in [0.2, 0.25) is 5.91 Å². The number of rotatable bonds is 5. The molecule has 25 heavy (non-hydrogen) atoms. The van der Waals surface area contributed by atoms with Crippen molar-refractivity contribution in [1.29, 1.82) is 0 Å². The van der Waals surface area contributed by atoms with E-state index in [4.69, 9.17) is 0 Å². The van der Waals surface area contributed by atoms with Crippen LogP contribution in [0.15, 0.2) is 30.3 Å². The van der Waals surface area contributed by atoms with Crippen LogP contribution in [0.5, 0.6) is 0 Å². The topological polar surface area (TPSA) is 76.0 Å². The summed E-state index contributed by atoms with van der Waals surface area (Å²) in [6, 6.07) is 7.78. The van der Waals surface area contributed by atoms with Gasteiger partial charge in [-0.15, -0.1) is 0 Å². The predicted molar refractivity (Wildman–Crippen MR) is 90.6 cm³/mol. The highest BCUT2D eigenvalue weighted by Gasteiger charge is 2.26. The van der Waals surface area contributed by atoms with Gasteiger partial charge in [-0.2, -0.15) is 5.10 Å². The van der Waals surface area contributed by atoms with E-state index in [1.54, 1.807) is 22.9 Å². The van der Waals surface area contributed by atoms with Gasteiger partial charge < -0.3 is 10.6 Å². The van der Waals surface area contributed by atoms with Gasteiger partial charge in [0.05, 0.1) is 19.0 Å². The van der Waals surface area contributed by atoms with Crippen LogP contribution >= 0.6 is 0 Å². The van der Waals surface area contributed by atoms with Crippen molar-refractivity contribution in [3.63, 3.8) is 0 Å². The molecule has 0 saturated carbocycles. The Bertz CT molecular complexity index is 777. The summed E-state index contributed by atoms with van der Waals surface area (Å²) in [5, 5.41) is 10.0. The van der Waals surface area contributed by atoms with Crippen molar-refractivity contribution in [3.8, 4) is 0 Å². The van der Waals surface area contributed by atoms with E-state index in [2.05, 4.69) is 15.7 Å². The molecule has 7 heteroatoms. The lowest BCUT2D eigenvalue weighted by Crippen LogP contribution is -2.37. The predicted octanol–water partition coefficient (Wildman–Crippen LogP) is 1.44. The minimum Gasteiger partial charge on any atom is -0.351 e. The van der Waals surface area contributed by atoms with E-state index in [1.165, 1.54) is 12.1 Å². The smallest absolute Gasteiger partial charge is 0.271 e. The Morgan fingerprint density at radius 1 is 1.36 bits per heavy atom. The summed E-state index contributed by atoms with van der Waals surface area (Å²) in [4.78, 5) is 24.1. The number of hydrogen-bond acceptors (Lipinski definition) is 3. The molecule has 0 unspecified atom stereocenters. The average molecular weight is 344 g/mol. The molecular formula is C18H21FN4O2. The summed E-state index contributed by atoms with van der Waals surface area (Å²) in [5.41, 5.74) is 1.96. The van der Waals surface area contributed by atoms with Crippen LogP contribution in [0.1, 0.15) is 35.6 Å². The molecular weight excluding hydrogens is 323 g/mol. The van der Waals surface area contributed by atoms with E-state index >= 15 is 0 Å². The summed E-state index contributed by atoms with van der Waals surface area (Å²) < 4.78 is 14.9. The van der Waals surface area contributed by atoms with Crippen LogP contribution < -0.4 is 10.6 Å². The minimum absolute atomic E-state index is 0.0545. The summed E-state index contributed by atoms with van der Waals surface area (Å²) in [7, 11) is 0.